The first-order valence-electron chi connectivity index (χ1n) is 10.4. The molecule has 180 valence electrons. The van der Waals surface area contributed by atoms with Crippen LogP contribution in [0.25, 0.3) is 0 Å². The van der Waals surface area contributed by atoms with E-state index in [0.717, 1.165) is 21.0 Å². The monoisotopic (exact) mass is 502 g/mol. The van der Waals surface area contributed by atoms with Gasteiger partial charge >= 0.3 is 0 Å². The number of ether oxygens (including phenoxy) is 2. The fraction of sp³-hybridized carbons (Fsp3) is 0.240. The Morgan fingerprint density at radius 1 is 0.912 bits per heavy atom. The third kappa shape index (κ3) is 5.46. The highest BCUT2D eigenvalue weighted by atomic mass is 35.5. The summed E-state index contributed by atoms with van der Waals surface area (Å²) in [6.07, 6.45) is 0. The van der Waals surface area contributed by atoms with Crippen molar-refractivity contribution in [3.8, 4) is 11.5 Å². The third-order valence-electron chi connectivity index (χ3n) is 5.29. The van der Waals surface area contributed by atoms with Gasteiger partial charge in [-0.15, -0.1) is 0 Å². The number of nitrogens with one attached hydrogen (secondary N) is 1. The lowest BCUT2D eigenvalue weighted by atomic mass is 10.1. The third-order valence-corrected chi connectivity index (χ3v) is 7.31. The largest absolute Gasteiger partial charge is 0.493 e. The molecular formula is C25H27ClN2O5S. The maximum atomic E-state index is 13.7. The zero-order valence-corrected chi connectivity index (χ0v) is 21.3. The standard InChI is InChI=1S/C25H27ClN2O5S/c1-16-12-17(2)25(18(3)13-16)27-24(29)15-28(20-8-6-19(26)7-9-20)34(30,31)21-10-11-22(32-4)23(14-21)33-5/h6-14H,15H2,1-5H3,(H,27,29). The van der Waals surface area contributed by atoms with Crippen LogP contribution in [0.1, 0.15) is 16.7 Å². The number of benzene rings is 3. The van der Waals surface area contributed by atoms with Crippen molar-refractivity contribution in [2.45, 2.75) is 25.7 Å². The molecule has 7 nitrogen and oxygen atoms in total. The van der Waals surface area contributed by atoms with Crippen molar-refractivity contribution < 1.29 is 22.7 Å². The lowest BCUT2D eigenvalue weighted by Gasteiger charge is -2.25. The normalized spacial score (nSPS) is 11.1. The minimum Gasteiger partial charge on any atom is -0.493 e. The Morgan fingerprint density at radius 3 is 2.06 bits per heavy atom. The van der Waals surface area contributed by atoms with Gasteiger partial charge in [0, 0.05) is 16.8 Å². The summed E-state index contributed by atoms with van der Waals surface area (Å²) in [6.45, 7) is 5.33. The average Bonchev–Trinajstić information content (AvgIpc) is 2.80. The van der Waals surface area contributed by atoms with E-state index in [1.165, 1.54) is 32.4 Å². The van der Waals surface area contributed by atoms with Crippen LogP contribution >= 0.6 is 11.6 Å². The smallest absolute Gasteiger partial charge is 0.264 e. The summed E-state index contributed by atoms with van der Waals surface area (Å²) in [5.41, 5.74) is 3.83. The molecule has 0 unspecified atom stereocenters. The second-order valence-corrected chi connectivity index (χ2v) is 10.1. The van der Waals surface area contributed by atoms with E-state index in [9.17, 15) is 13.2 Å². The maximum absolute atomic E-state index is 13.7. The fourth-order valence-corrected chi connectivity index (χ4v) is 5.28. The quantitative estimate of drug-likeness (QED) is 0.462. The van der Waals surface area contributed by atoms with E-state index in [0.29, 0.717) is 22.1 Å². The number of anilines is 2. The van der Waals surface area contributed by atoms with E-state index in [1.54, 1.807) is 24.3 Å². The Labute approximate surface area is 205 Å². The van der Waals surface area contributed by atoms with Crippen LogP contribution in [0, 0.1) is 20.8 Å². The van der Waals surface area contributed by atoms with Gasteiger partial charge < -0.3 is 14.8 Å². The number of carbonyl (C=O) groups excluding carboxylic acids is 1. The van der Waals surface area contributed by atoms with E-state index in [4.69, 9.17) is 21.1 Å². The summed E-state index contributed by atoms with van der Waals surface area (Å²) < 4.78 is 38.9. The summed E-state index contributed by atoms with van der Waals surface area (Å²) >= 11 is 6.00. The van der Waals surface area contributed by atoms with E-state index >= 15 is 0 Å². The lowest BCUT2D eigenvalue weighted by molar-refractivity contribution is -0.114. The van der Waals surface area contributed by atoms with Gasteiger partial charge in [0.05, 0.1) is 24.8 Å². The number of halogens is 1. The molecule has 0 radical (unpaired) electrons. The molecule has 34 heavy (non-hydrogen) atoms. The van der Waals surface area contributed by atoms with Gasteiger partial charge in [-0.25, -0.2) is 8.42 Å². The number of aryl methyl sites for hydroxylation is 3. The highest BCUT2D eigenvalue weighted by molar-refractivity contribution is 7.92. The summed E-state index contributed by atoms with van der Waals surface area (Å²) in [6, 6.07) is 14.4. The molecule has 0 heterocycles. The van der Waals surface area contributed by atoms with Crippen molar-refractivity contribution >= 4 is 38.9 Å². The van der Waals surface area contributed by atoms with Crippen molar-refractivity contribution in [2.24, 2.45) is 0 Å². The molecule has 0 saturated carbocycles. The molecule has 9 heteroatoms. The number of nitrogens with zero attached hydrogens (tertiary/aromatic N) is 1. The first kappa shape index (κ1) is 25.4. The topological polar surface area (TPSA) is 84.9 Å². The highest BCUT2D eigenvalue weighted by Crippen LogP contribution is 2.32. The van der Waals surface area contributed by atoms with E-state index in [-0.39, 0.29) is 10.6 Å². The number of hydrogen-bond donors (Lipinski definition) is 1. The van der Waals surface area contributed by atoms with Gasteiger partial charge in [-0.2, -0.15) is 0 Å². The second-order valence-electron chi connectivity index (χ2n) is 7.83. The van der Waals surface area contributed by atoms with Gasteiger partial charge in [-0.05, 0) is 68.3 Å². The average molecular weight is 503 g/mol. The molecule has 0 aliphatic carbocycles. The molecule has 3 aromatic carbocycles. The molecule has 0 bridgehead atoms. The highest BCUT2D eigenvalue weighted by Gasteiger charge is 2.28. The molecule has 3 rings (SSSR count). The van der Waals surface area contributed by atoms with Crippen LogP contribution in [0.5, 0.6) is 11.5 Å². The van der Waals surface area contributed by atoms with Crippen molar-refractivity contribution in [3.63, 3.8) is 0 Å². The minimum absolute atomic E-state index is 0.0457. The Bertz CT molecular complexity index is 1280. The molecule has 3 aromatic rings. The predicted octanol–water partition coefficient (Wildman–Crippen LogP) is 5.12. The van der Waals surface area contributed by atoms with E-state index < -0.39 is 22.5 Å². The van der Waals surface area contributed by atoms with Crippen molar-refractivity contribution in [1.82, 2.24) is 0 Å². The van der Waals surface area contributed by atoms with Crippen LogP contribution in [0.15, 0.2) is 59.5 Å². The molecule has 0 spiro atoms. The number of carbonyl (C=O) groups is 1. The number of sulfonamides is 1. The molecular weight excluding hydrogens is 476 g/mol. The predicted molar refractivity (Wildman–Crippen MR) is 135 cm³/mol. The van der Waals surface area contributed by atoms with Gasteiger partial charge in [-0.1, -0.05) is 29.3 Å². The molecule has 0 aliphatic rings. The molecule has 1 amide bonds. The van der Waals surface area contributed by atoms with Gasteiger partial charge in [0.25, 0.3) is 10.0 Å². The molecule has 0 aromatic heterocycles. The number of amides is 1. The van der Waals surface area contributed by atoms with E-state index in [1.807, 2.05) is 32.9 Å². The molecule has 0 fully saturated rings. The van der Waals surface area contributed by atoms with E-state index in [2.05, 4.69) is 5.32 Å². The second kappa shape index (κ2) is 10.4. The Hall–Kier alpha value is -3.23. The molecule has 0 saturated heterocycles. The Morgan fingerprint density at radius 2 is 1.50 bits per heavy atom. The van der Waals surface area contributed by atoms with Crippen molar-refractivity contribution in [3.05, 3.63) is 76.3 Å². The van der Waals surface area contributed by atoms with Gasteiger partial charge in [0.1, 0.15) is 6.54 Å². The Balaban J connectivity index is 2.01. The lowest BCUT2D eigenvalue weighted by Crippen LogP contribution is -2.38. The molecule has 0 aliphatic heterocycles. The van der Waals surface area contributed by atoms with Crippen molar-refractivity contribution in [1.29, 1.82) is 0 Å². The van der Waals surface area contributed by atoms with Gasteiger partial charge in [-0.3, -0.25) is 9.10 Å². The Kier molecular flexibility index (Phi) is 7.74. The first-order valence-corrected chi connectivity index (χ1v) is 12.3. The van der Waals surface area contributed by atoms with Gasteiger partial charge in [0.2, 0.25) is 5.91 Å². The van der Waals surface area contributed by atoms with Crippen LogP contribution < -0.4 is 19.1 Å². The zero-order valence-electron chi connectivity index (χ0n) is 19.7. The first-order chi connectivity index (χ1) is 16.1. The van der Waals surface area contributed by atoms with Crippen LogP contribution in [-0.2, 0) is 14.8 Å². The summed E-state index contributed by atoms with van der Waals surface area (Å²) in [7, 11) is -1.26. The summed E-state index contributed by atoms with van der Waals surface area (Å²) in [5, 5.41) is 3.31. The number of rotatable bonds is 8. The molecule has 1 N–H and O–H groups in total. The summed E-state index contributed by atoms with van der Waals surface area (Å²) in [5.74, 6) is 0.173. The van der Waals surface area contributed by atoms with Crippen LogP contribution in [0.4, 0.5) is 11.4 Å². The van der Waals surface area contributed by atoms with Crippen LogP contribution in [0.3, 0.4) is 0 Å². The number of methoxy groups -OCH3 is 2. The minimum atomic E-state index is -4.14. The SMILES string of the molecule is COc1ccc(S(=O)(=O)N(CC(=O)Nc2c(C)cc(C)cc2C)c2ccc(Cl)cc2)cc1OC. The summed E-state index contributed by atoms with van der Waals surface area (Å²) in [4.78, 5) is 13.0. The van der Waals surface area contributed by atoms with Gasteiger partial charge in [0.15, 0.2) is 11.5 Å². The zero-order chi connectivity index (χ0) is 25.0. The number of hydrogen-bond acceptors (Lipinski definition) is 5. The molecule has 0 atom stereocenters. The fourth-order valence-electron chi connectivity index (χ4n) is 3.71. The van der Waals surface area contributed by atoms with Crippen LogP contribution in [-0.4, -0.2) is 35.1 Å². The van der Waals surface area contributed by atoms with Crippen molar-refractivity contribution in [2.75, 3.05) is 30.4 Å². The van der Waals surface area contributed by atoms with Crippen LogP contribution in [0.2, 0.25) is 5.02 Å². The maximum Gasteiger partial charge on any atom is 0.264 e.